The Morgan fingerprint density at radius 2 is 2.43 bits per heavy atom. The lowest BCUT2D eigenvalue weighted by atomic mass is 10.3. The summed E-state index contributed by atoms with van der Waals surface area (Å²) in [5.41, 5.74) is 5.61. The molecule has 0 aliphatic carbocycles. The van der Waals surface area contributed by atoms with Crippen molar-refractivity contribution >= 4 is 11.7 Å². The molecule has 0 bridgehead atoms. The van der Waals surface area contributed by atoms with Gasteiger partial charge >= 0.3 is 0 Å². The molecule has 74 valence electrons. The van der Waals surface area contributed by atoms with E-state index in [1.54, 1.807) is 0 Å². The van der Waals surface area contributed by atoms with Crippen molar-refractivity contribution in [2.75, 3.05) is 11.4 Å². The Bertz CT molecular complexity index is 369. The lowest BCUT2D eigenvalue weighted by Gasteiger charge is -2.14. The maximum absolute atomic E-state index is 12.8. The molecule has 1 amide bonds. The molecule has 1 atom stereocenters. The molecule has 5 heteroatoms. The topological polar surface area (TPSA) is 59.2 Å². The number of hydrogen-bond donors (Lipinski definition) is 1. The van der Waals surface area contributed by atoms with Crippen molar-refractivity contribution in [2.24, 2.45) is 5.73 Å². The van der Waals surface area contributed by atoms with Crippen molar-refractivity contribution < 1.29 is 9.18 Å². The summed E-state index contributed by atoms with van der Waals surface area (Å²) in [6.07, 6.45) is 1.64. The van der Waals surface area contributed by atoms with Crippen molar-refractivity contribution in [2.45, 2.75) is 12.5 Å². The second kappa shape index (κ2) is 3.34. The van der Waals surface area contributed by atoms with E-state index < -0.39 is 5.82 Å². The standard InChI is InChI=1S/C9H10FN3O/c10-6-1-2-12-8(3-6)13-5-7(11)4-9(13)14/h1-3,7H,4-5,11H2. The zero-order valence-electron chi connectivity index (χ0n) is 7.48. The quantitative estimate of drug-likeness (QED) is 0.700. The summed E-state index contributed by atoms with van der Waals surface area (Å²) in [6.45, 7) is 0.412. The van der Waals surface area contributed by atoms with Crippen LogP contribution in [0, 0.1) is 5.82 Å². The van der Waals surface area contributed by atoms with Crippen LogP contribution in [0.5, 0.6) is 0 Å². The Hall–Kier alpha value is -1.49. The fourth-order valence-electron chi connectivity index (χ4n) is 1.50. The smallest absolute Gasteiger partial charge is 0.229 e. The number of amides is 1. The molecular weight excluding hydrogens is 185 g/mol. The van der Waals surface area contributed by atoms with E-state index in [0.717, 1.165) is 0 Å². The highest BCUT2D eigenvalue weighted by Gasteiger charge is 2.28. The molecular formula is C9H10FN3O. The second-order valence-electron chi connectivity index (χ2n) is 3.30. The number of halogens is 1. The number of nitrogens with two attached hydrogens (primary N) is 1. The molecule has 1 saturated heterocycles. The molecule has 14 heavy (non-hydrogen) atoms. The first-order chi connectivity index (χ1) is 6.66. The van der Waals surface area contributed by atoms with Gasteiger partial charge in [-0.15, -0.1) is 0 Å². The first-order valence-electron chi connectivity index (χ1n) is 4.34. The number of rotatable bonds is 1. The SMILES string of the molecule is NC1CC(=O)N(c2cc(F)ccn2)C1. The first-order valence-corrected chi connectivity index (χ1v) is 4.34. The molecule has 2 rings (SSSR count). The van der Waals surface area contributed by atoms with E-state index in [2.05, 4.69) is 4.98 Å². The Labute approximate surface area is 80.5 Å². The van der Waals surface area contributed by atoms with Gasteiger partial charge in [0.05, 0.1) is 0 Å². The highest BCUT2D eigenvalue weighted by molar-refractivity contribution is 5.95. The first kappa shape index (κ1) is 9.08. The summed E-state index contributed by atoms with van der Waals surface area (Å²) in [5.74, 6) is -0.165. The fraction of sp³-hybridized carbons (Fsp3) is 0.333. The molecule has 1 aromatic rings. The molecule has 1 unspecified atom stereocenters. The van der Waals surface area contributed by atoms with Crippen LogP contribution in [0.25, 0.3) is 0 Å². The van der Waals surface area contributed by atoms with Crippen LogP contribution >= 0.6 is 0 Å². The van der Waals surface area contributed by atoms with Gasteiger partial charge in [0.25, 0.3) is 0 Å². The molecule has 0 spiro atoms. The lowest BCUT2D eigenvalue weighted by molar-refractivity contribution is -0.117. The third-order valence-corrected chi connectivity index (χ3v) is 2.14. The third kappa shape index (κ3) is 1.58. The number of anilines is 1. The highest BCUT2D eigenvalue weighted by Crippen LogP contribution is 2.18. The van der Waals surface area contributed by atoms with Gasteiger partial charge in [0.2, 0.25) is 5.91 Å². The largest absolute Gasteiger partial charge is 0.326 e. The van der Waals surface area contributed by atoms with Crippen LogP contribution in [0.2, 0.25) is 0 Å². The van der Waals surface area contributed by atoms with E-state index in [9.17, 15) is 9.18 Å². The van der Waals surface area contributed by atoms with Crippen molar-refractivity contribution in [3.63, 3.8) is 0 Å². The second-order valence-corrected chi connectivity index (χ2v) is 3.30. The average Bonchev–Trinajstić information content (AvgIpc) is 2.45. The Balaban J connectivity index is 2.27. The predicted octanol–water partition coefficient (Wildman–Crippen LogP) is 0.285. The molecule has 2 N–H and O–H groups in total. The summed E-state index contributed by atoms with van der Waals surface area (Å²) >= 11 is 0. The van der Waals surface area contributed by atoms with Gasteiger partial charge in [0, 0.05) is 31.3 Å². The van der Waals surface area contributed by atoms with Crippen LogP contribution in [-0.2, 0) is 4.79 Å². The van der Waals surface area contributed by atoms with Gasteiger partial charge in [-0.1, -0.05) is 0 Å². The fourth-order valence-corrected chi connectivity index (χ4v) is 1.50. The maximum Gasteiger partial charge on any atom is 0.229 e. The number of carbonyl (C=O) groups is 1. The third-order valence-electron chi connectivity index (χ3n) is 2.14. The summed E-state index contributed by atoms with van der Waals surface area (Å²) < 4.78 is 12.8. The summed E-state index contributed by atoms with van der Waals surface area (Å²) in [6, 6.07) is 2.30. The van der Waals surface area contributed by atoms with Gasteiger partial charge in [-0.05, 0) is 6.07 Å². The minimum absolute atomic E-state index is 0.101. The van der Waals surface area contributed by atoms with Crippen LogP contribution < -0.4 is 10.6 Å². The Morgan fingerprint density at radius 1 is 1.64 bits per heavy atom. The highest BCUT2D eigenvalue weighted by atomic mass is 19.1. The summed E-state index contributed by atoms with van der Waals surface area (Å²) in [5, 5.41) is 0. The minimum Gasteiger partial charge on any atom is -0.326 e. The van der Waals surface area contributed by atoms with Gasteiger partial charge in [-0.3, -0.25) is 9.69 Å². The van der Waals surface area contributed by atoms with Gasteiger partial charge in [-0.25, -0.2) is 9.37 Å². The van der Waals surface area contributed by atoms with Gasteiger partial charge in [0.1, 0.15) is 11.6 Å². The summed E-state index contributed by atoms with van der Waals surface area (Å²) in [7, 11) is 0. The normalized spacial score (nSPS) is 21.7. The zero-order chi connectivity index (χ0) is 10.1. The summed E-state index contributed by atoms with van der Waals surface area (Å²) in [4.78, 5) is 16.7. The van der Waals surface area contributed by atoms with E-state index in [1.165, 1.54) is 23.2 Å². The monoisotopic (exact) mass is 195 g/mol. The average molecular weight is 195 g/mol. The van der Waals surface area contributed by atoms with E-state index in [0.29, 0.717) is 18.8 Å². The van der Waals surface area contributed by atoms with E-state index in [-0.39, 0.29) is 11.9 Å². The van der Waals surface area contributed by atoms with Gasteiger partial charge < -0.3 is 5.73 Å². The van der Waals surface area contributed by atoms with Crippen molar-refractivity contribution in [3.05, 3.63) is 24.1 Å². The Kier molecular flexibility index (Phi) is 2.17. The van der Waals surface area contributed by atoms with Crippen molar-refractivity contribution in [1.82, 2.24) is 4.98 Å². The van der Waals surface area contributed by atoms with Crippen LogP contribution in [0.4, 0.5) is 10.2 Å². The number of pyridine rings is 1. The molecule has 1 aromatic heterocycles. The molecule has 1 fully saturated rings. The number of aromatic nitrogens is 1. The van der Waals surface area contributed by atoms with E-state index in [1.807, 2.05) is 0 Å². The molecule has 0 aromatic carbocycles. The van der Waals surface area contributed by atoms with Crippen LogP contribution in [0.15, 0.2) is 18.3 Å². The van der Waals surface area contributed by atoms with Gasteiger partial charge in [0.15, 0.2) is 0 Å². The molecule has 1 aliphatic rings. The van der Waals surface area contributed by atoms with Crippen molar-refractivity contribution in [1.29, 1.82) is 0 Å². The number of carbonyl (C=O) groups excluding carboxylic acids is 1. The van der Waals surface area contributed by atoms with Crippen molar-refractivity contribution in [3.8, 4) is 0 Å². The number of hydrogen-bond acceptors (Lipinski definition) is 3. The molecule has 0 saturated carbocycles. The predicted molar refractivity (Wildman–Crippen MR) is 49.1 cm³/mol. The molecule has 1 aliphatic heterocycles. The van der Waals surface area contributed by atoms with E-state index in [4.69, 9.17) is 5.73 Å². The Morgan fingerprint density at radius 3 is 3.00 bits per heavy atom. The molecule has 4 nitrogen and oxygen atoms in total. The minimum atomic E-state index is -0.400. The van der Waals surface area contributed by atoms with E-state index >= 15 is 0 Å². The number of nitrogens with zero attached hydrogens (tertiary/aromatic N) is 2. The van der Waals surface area contributed by atoms with Gasteiger partial charge in [-0.2, -0.15) is 0 Å². The molecule has 2 heterocycles. The van der Waals surface area contributed by atoms with Crippen LogP contribution in [-0.4, -0.2) is 23.5 Å². The van der Waals surface area contributed by atoms with Crippen LogP contribution in [0.1, 0.15) is 6.42 Å². The lowest BCUT2D eigenvalue weighted by Crippen LogP contribution is -2.28. The maximum atomic E-state index is 12.8. The zero-order valence-corrected chi connectivity index (χ0v) is 7.48. The molecule has 0 radical (unpaired) electrons. The van der Waals surface area contributed by atoms with Crippen LogP contribution in [0.3, 0.4) is 0 Å².